The number of aromatic nitrogens is 2. The van der Waals surface area contributed by atoms with Crippen LogP contribution in [-0.4, -0.2) is 15.7 Å². The lowest BCUT2D eigenvalue weighted by molar-refractivity contribution is 0.700. The van der Waals surface area contributed by atoms with Gasteiger partial charge in [-0.2, -0.15) is 11.8 Å². The summed E-state index contributed by atoms with van der Waals surface area (Å²) in [4.78, 5) is 12.2. The molecule has 0 radical (unpaired) electrons. The summed E-state index contributed by atoms with van der Waals surface area (Å²) in [7, 11) is 0. The molecule has 3 heterocycles. The van der Waals surface area contributed by atoms with Crippen LogP contribution in [0.25, 0.3) is 10.2 Å². The average Bonchev–Trinajstić information content (AvgIpc) is 3.13. The molecular weight excluding hydrogens is 288 g/mol. The lowest BCUT2D eigenvalue weighted by atomic mass is 9.97. The molecule has 1 unspecified atom stereocenters. The Balaban J connectivity index is 1.89. The lowest BCUT2D eigenvalue weighted by Crippen LogP contribution is -2.12. The molecule has 1 aliphatic heterocycles. The normalized spacial score (nSPS) is 22.1. The van der Waals surface area contributed by atoms with Crippen molar-refractivity contribution >= 4 is 39.1 Å². The zero-order valence-corrected chi connectivity index (χ0v) is 12.9. The van der Waals surface area contributed by atoms with Crippen LogP contribution >= 0.6 is 23.1 Å². The fourth-order valence-electron chi connectivity index (χ4n) is 3.20. The van der Waals surface area contributed by atoms with E-state index in [0.717, 1.165) is 22.9 Å². The van der Waals surface area contributed by atoms with Gasteiger partial charge in [-0.25, -0.2) is 15.8 Å². The van der Waals surface area contributed by atoms with Gasteiger partial charge < -0.3 is 5.43 Å². The molecule has 20 heavy (non-hydrogen) atoms. The second-order valence-electron chi connectivity index (χ2n) is 5.47. The first-order valence-corrected chi connectivity index (χ1v) is 9.14. The molecule has 1 fully saturated rings. The first kappa shape index (κ1) is 12.9. The summed E-state index contributed by atoms with van der Waals surface area (Å²) in [6, 6.07) is 0. The number of hydrogen-bond acceptors (Lipinski definition) is 6. The Morgan fingerprint density at radius 3 is 2.85 bits per heavy atom. The van der Waals surface area contributed by atoms with Gasteiger partial charge >= 0.3 is 0 Å². The Bertz CT molecular complexity index is 646. The van der Waals surface area contributed by atoms with Crippen molar-refractivity contribution in [3.8, 4) is 0 Å². The molecule has 0 bridgehead atoms. The van der Waals surface area contributed by atoms with E-state index in [9.17, 15) is 0 Å². The Hall–Kier alpha value is -0.850. The fourth-order valence-corrected chi connectivity index (χ4v) is 5.68. The van der Waals surface area contributed by atoms with Gasteiger partial charge in [0.25, 0.3) is 0 Å². The van der Waals surface area contributed by atoms with E-state index in [-0.39, 0.29) is 0 Å². The highest BCUT2D eigenvalue weighted by Crippen LogP contribution is 2.42. The maximum atomic E-state index is 5.73. The number of aryl methyl sites for hydroxylation is 2. The minimum Gasteiger partial charge on any atom is -0.308 e. The van der Waals surface area contributed by atoms with Crippen molar-refractivity contribution in [1.82, 2.24) is 9.97 Å². The van der Waals surface area contributed by atoms with Crippen LogP contribution < -0.4 is 11.3 Å². The third-order valence-electron chi connectivity index (χ3n) is 4.19. The fraction of sp³-hybridized carbons (Fsp3) is 0.571. The molecular formula is C14H18N4S2. The molecule has 0 saturated carbocycles. The van der Waals surface area contributed by atoms with Gasteiger partial charge in [0.05, 0.1) is 10.6 Å². The van der Waals surface area contributed by atoms with Crippen molar-refractivity contribution in [2.75, 3.05) is 11.2 Å². The molecule has 4 rings (SSSR count). The molecule has 0 spiro atoms. The van der Waals surface area contributed by atoms with Crippen LogP contribution in [0.4, 0.5) is 5.82 Å². The summed E-state index contributed by atoms with van der Waals surface area (Å²) in [5, 5.41) is 1.63. The number of nitrogens with zero attached hydrogens (tertiary/aromatic N) is 2. The summed E-state index contributed by atoms with van der Waals surface area (Å²) in [5.74, 6) is 8.75. The number of rotatable bonds is 2. The highest BCUT2D eigenvalue weighted by Gasteiger charge is 2.25. The van der Waals surface area contributed by atoms with Crippen molar-refractivity contribution in [2.24, 2.45) is 5.84 Å². The SMILES string of the molecule is NNc1nc(C2CCCS2)nc2sc3c(c12)CCCC3. The second-order valence-corrected chi connectivity index (χ2v) is 7.86. The number of fused-ring (bicyclic) bond motifs is 3. The van der Waals surface area contributed by atoms with Gasteiger partial charge in [-0.05, 0) is 49.8 Å². The van der Waals surface area contributed by atoms with Crippen LogP contribution in [0, 0.1) is 0 Å². The molecule has 6 heteroatoms. The van der Waals surface area contributed by atoms with Gasteiger partial charge in [-0.1, -0.05) is 0 Å². The van der Waals surface area contributed by atoms with Crippen LogP contribution in [0.1, 0.15) is 47.2 Å². The zero-order chi connectivity index (χ0) is 13.5. The predicted molar refractivity (Wildman–Crippen MR) is 86.3 cm³/mol. The standard InChI is InChI=1S/C14H18N4S2/c15-18-13-11-8-4-1-2-5-9(8)20-14(11)17-12(16-13)10-6-3-7-19-10/h10H,1-7,15H2,(H,16,17,18). The lowest BCUT2D eigenvalue weighted by Gasteiger charge is -2.13. The summed E-state index contributed by atoms with van der Waals surface area (Å²) in [6.07, 6.45) is 7.35. The molecule has 2 aromatic rings. The first-order valence-electron chi connectivity index (χ1n) is 7.27. The van der Waals surface area contributed by atoms with Gasteiger partial charge in [-0.15, -0.1) is 11.3 Å². The zero-order valence-electron chi connectivity index (χ0n) is 11.3. The Kier molecular flexibility index (Phi) is 3.32. The van der Waals surface area contributed by atoms with E-state index in [0.29, 0.717) is 5.25 Å². The van der Waals surface area contributed by atoms with Crippen LogP contribution in [0.5, 0.6) is 0 Å². The van der Waals surface area contributed by atoms with Crippen molar-refractivity contribution in [2.45, 2.75) is 43.8 Å². The van der Waals surface area contributed by atoms with Crippen LogP contribution in [0.15, 0.2) is 0 Å². The molecule has 4 nitrogen and oxygen atoms in total. The Morgan fingerprint density at radius 2 is 2.05 bits per heavy atom. The topological polar surface area (TPSA) is 63.8 Å². The van der Waals surface area contributed by atoms with Gasteiger partial charge in [-0.3, -0.25) is 0 Å². The third-order valence-corrected chi connectivity index (χ3v) is 6.75. The van der Waals surface area contributed by atoms with Gasteiger partial charge in [0.1, 0.15) is 10.7 Å². The molecule has 0 amide bonds. The minimum absolute atomic E-state index is 0.450. The summed E-state index contributed by atoms with van der Waals surface area (Å²) < 4.78 is 0. The number of hydrogen-bond donors (Lipinski definition) is 2. The second kappa shape index (κ2) is 5.16. The van der Waals surface area contributed by atoms with E-state index >= 15 is 0 Å². The monoisotopic (exact) mass is 306 g/mol. The third kappa shape index (κ3) is 2.01. The Labute approximate surface area is 126 Å². The van der Waals surface area contributed by atoms with E-state index in [1.54, 1.807) is 0 Å². The molecule has 3 N–H and O–H groups in total. The molecule has 0 aromatic carbocycles. The largest absolute Gasteiger partial charge is 0.308 e. The quantitative estimate of drug-likeness (QED) is 0.657. The minimum atomic E-state index is 0.450. The van der Waals surface area contributed by atoms with E-state index in [4.69, 9.17) is 15.8 Å². The van der Waals surface area contributed by atoms with Crippen LogP contribution in [0.3, 0.4) is 0 Å². The van der Waals surface area contributed by atoms with Gasteiger partial charge in [0, 0.05) is 4.88 Å². The predicted octanol–water partition coefficient (Wildman–Crippen LogP) is 3.42. The summed E-state index contributed by atoms with van der Waals surface area (Å²) >= 11 is 3.82. The maximum absolute atomic E-state index is 5.73. The average molecular weight is 306 g/mol. The number of hydrazine groups is 1. The van der Waals surface area contributed by atoms with E-state index in [1.165, 1.54) is 53.7 Å². The van der Waals surface area contributed by atoms with Gasteiger partial charge in [0.15, 0.2) is 5.82 Å². The molecule has 2 aliphatic rings. The van der Waals surface area contributed by atoms with Crippen LogP contribution in [-0.2, 0) is 12.8 Å². The molecule has 106 valence electrons. The van der Waals surface area contributed by atoms with Crippen LogP contribution in [0.2, 0.25) is 0 Å². The number of nitrogens with one attached hydrogen (secondary N) is 1. The molecule has 1 atom stereocenters. The van der Waals surface area contributed by atoms with Crippen molar-refractivity contribution in [3.05, 3.63) is 16.3 Å². The number of nitrogens with two attached hydrogens (primary N) is 1. The number of thioether (sulfide) groups is 1. The number of thiophene rings is 1. The molecule has 1 aliphatic carbocycles. The molecule has 1 saturated heterocycles. The summed E-state index contributed by atoms with van der Waals surface area (Å²) in [6.45, 7) is 0. The van der Waals surface area contributed by atoms with Crippen molar-refractivity contribution in [3.63, 3.8) is 0 Å². The number of anilines is 1. The number of nitrogen functional groups attached to an aromatic ring is 1. The highest BCUT2D eigenvalue weighted by molar-refractivity contribution is 7.99. The summed E-state index contributed by atoms with van der Waals surface area (Å²) in [5.41, 5.74) is 4.26. The van der Waals surface area contributed by atoms with E-state index in [2.05, 4.69) is 5.43 Å². The highest BCUT2D eigenvalue weighted by atomic mass is 32.2. The first-order chi connectivity index (χ1) is 9.86. The molecule has 2 aromatic heterocycles. The van der Waals surface area contributed by atoms with E-state index < -0.39 is 0 Å². The maximum Gasteiger partial charge on any atom is 0.152 e. The van der Waals surface area contributed by atoms with Crippen molar-refractivity contribution < 1.29 is 0 Å². The Morgan fingerprint density at radius 1 is 1.15 bits per heavy atom. The van der Waals surface area contributed by atoms with Gasteiger partial charge in [0.2, 0.25) is 0 Å². The van der Waals surface area contributed by atoms with E-state index in [1.807, 2.05) is 23.1 Å². The smallest absolute Gasteiger partial charge is 0.152 e. The van der Waals surface area contributed by atoms with Crippen molar-refractivity contribution in [1.29, 1.82) is 0 Å².